The summed E-state index contributed by atoms with van der Waals surface area (Å²) < 4.78 is 5.56. The Labute approximate surface area is 149 Å². The van der Waals surface area contributed by atoms with Crippen LogP contribution in [0.4, 0.5) is 0 Å². The van der Waals surface area contributed by atoms with Crippen LogP contribution in [0, 0.1) is 19.3 Å². The second-order valence-corrected chi connectivity index (χ2v) is 5.85. The summed E-state index contributed by atoms with van der Waals surface area (Å²) in [5, 5.41) is 2.86. The van der Waals surface area contributed by atoms with Gasteiger partial charge in [-0.25, -0.2) is 0 Å². The number of nitrogens with zero attached hydrogens (tertiary/aromatic N) is 1. The van der Waals surface area contributed by atoms with Gasteiger partial charge in [-0.1, -0.05) is 53.9 Å². The van der Waals surface area contributed by atoms with Gasteiger partial charge in [0.15, 0.2) is 0 Å². The van der Waals surface area contributed by atoms with Crippen molar-refractivity contribution in [2.45, 2.75) is 13.5 Å². The summed E-state index contributed by atoms with van der Waals surface area (Å²) in [6.45, 7) is 4.29. The maximum Gasteiger partial charge on any atom is 0.234 e. The van der Waals surface area contributed by atoms with Gasteiger partial charge in [0.05, 0.1) is 19.6 Å². The van der Waals surface area contributed by atoms with Crippen LogP contribution in [0.2, 0.25) is 0 Å². The number of nitrogens with one attached hydrogen (secondary N) is 1. The zero-order valence-electron chi connectivity index (χ0n) is 14.6. The fraction of sp³-hybridized carbons (Fsp3) is 0.286. The van der Waals surface area contributed by atoms with Crippen LogP contribution in [0.25, 0.3) is 0 Å². The minimum Gasteiger partial charge on any atom is -0.492 e. The SMILES string of the molecule is C#CCN(CC(=O)NCCOc1ccccc1)Cc1ccc(C)cc1. The fourth-order valence-corrected chi connectivity index (χ4v) is 2.38. The Bertz CT molecular complexity index is 690. The summed E-state index contributed by atoms with van der Waals surface area (Å²) in [7, 11) is 0. The van der Waals surface area contributed by atoms with Crippen molar-refractivity contribution in [1.29, 1.82) is 0 Å². The van der Waals surface area contributed by atoms with Crippen LogP contribution in [0.15, 0.2) is 54.6 Å². The van der Waals surface area contributed by atoms with Crippen molar-refractivity contribution in [3.05, 3.63) is 65.7 Å². The molecular weight excluding hydrogens is 312 g/mol. The van der Waals surface area contributed by atoms with E-state index in [1.54, 1.807) is 0 Å². The first-order valence-electron chi connectivity index (χ1n) is 8.33. The zero-order valence-corrected chi connectivity index (χ0v) is 14.6. The van der Waals surface area contributed by atoms with E-state index in [0.717, 1.165) is 11.3 Å². The number of para-hydroxylation sites is 1. The van der Waals surface area contributed by atoms with Crippen molar-refractivity contribution < 1.29 is 9.53 Å². The predicted molar refractivity (Wildman–Crippen MR) is 100 cm³/mol. The molecule has 0 spiro atoms. The Morgan fingerprint density at radius 1 is 1.16 bits per heavy atom. The van der Waals surface area contributed by atoms with Crippen LogP contribution in [-0.2, 0) is 11.3 Å². The van der Waals surface area contributed by atoms with Gasteiger partial charge in [-0.15, -0.1) is 6.42 Å². The van der Waals surface area contributed by atoms with Gasteiger partial charge in [0.25, 0.3) is 0 Å². The van der Waals surface area contributed by atoms with Crippen LogP contribution < -0.4 is 10.1 Å². The highest BCUT2D eigenvalue weighted by Gasteiger charge is 2.10. The van der Waals surface area contributed by atoms with Crippen molar-refractivity contribution in [2.75, 3.05) is 26.2 Å². The average molecular weight is 336 g/mol. The molecule has 0 atom stereocenters. The number of carbonyl (C=O) groups is 1. The van der Waals surface area contributed by atoms with Gasteiger partial charge in [-0.2, -0.15) is 0 Å². The molecule has 25 heavy (non-hydrogen) atoms. The first-order chi connectivity index (χ1) is 12.2. The molecule has 0 aliphatic carbocycles. The van der Waals surface area contributed by atoms with Crippen molar-refractivity contribution >= 4 is 5.91 Å². The van der Waals surface area contributed by atoms with E-state index in [4.69, 9.17) is 11.2 Å². The number of terminal acetylenes is 1. The largest absolute Gasteiger partial charge is 0.492 e. The number of benzene rings is 2. The molecule has 1 N–H and O–H groups in total. The highest BCUT2D eigenvalue weighted by Crippen LogP contribution is 2.08. The Morgan fingerprint density at radius 2 is 1.88 bits per heavy atom. The lowest BCUT2D eigenvalue weighted by Crippen LogP contribution is -2.38. The first kappa shape index (κ1) is 18.6. The second-order valence-electron chi connectivity index (χ2n) is 5.85. The molecule has 0 saturated heterocycles. The third-order valence-electron chi connectivity index (χ3n) is 3.65. The molecular formula is C21H24N2O2. The van der Waals surface area contributed by atoms with Crippen LogP contribution >= 0.6 is 0 Å². The maximum atomic E-state index is 12.1. The number of amides is 1. The summed E-state index contributed by atoms with van der Waals surface area (Å²) in [5.74, 6) is 3.35. The molecule has 0 bridgehead atoms. The number of hydrogen-bond donors (Lipinski definition) is 1. The molecule has 130 valence electrons. The summed E-state index contributed by atoms with van der Waals surface area (Å²) in [4.78, 5) is 14.0. The third-order valence-corrected chi connectivity index (χ3v) is 3.65. The van der Waals surface area contributed by atoms with Gasteiger partial charge < -0.3 is 10.1 Å². The van der Waals surface area contributed by atoms with Gasteiger partial charge in [0.1, 0.15) is 12.4 Å². The Kier molecular flexibility index (Phi) is 7.55. The van der Waals surface area contributed by atoms with Gasteiger partial charge in [-0.3, -0.25) is 9.69 Å². The highest BCUT2D eigenvalue weighted by atomic mass is 16.5. The standard InChI is InChI=1S/C21H24N2O2/c1-3-14-23(16-19-11-9-18(2)10-12-19)17-21(24)22-13-15-25-20-7-5-4-6-8-20/h1,4-12H,13-17H2,2H3,(H,22,24). The molecule has 0 saturated carbocycles. The van der Waals surface area contributed by atoms with E-state index in [1.165, 1.54) is 5.56 Å². The average Bonchev–Trinajstić information content (AvgIpc) is 2.62. The molecule has 0 fully saturated rings. The molecule has 4 nitrogen and oxygen atoms in total. The molecule has 0 aliphatic heterocycles. The lowest BCUT2D eigenvalue weighted by molar-refractivity contribution is -0.122. The van der Waals surface area contributed by atoms with Gasteiger partial charge >= 0.3 is 0 Å². The molecule has 2 aromatic rings. The van der Waals surface area contributed by atoms with Crippen LogP contribution in [0.5, 0.6) is 5.75 Å². The minimum absolute atomic E-state index is 0.0565. The number of rotatable bonds is 9. The molecule has 2 aromatic carbocycles. The summed E-state index contributed by atoms with van der Waals surface area (Å²) >= 11 is 0. The van der Waals surface area contributed by atoms with E-state index in [-0.39, 0.29) is 12.5 Å². The van der Waals surface area contributed by atoms with Crippen molar-refractivity contribution in [1.82, 2.24) is 10.2 Å². The molecule has 0 aliphatic rings. The Hall–Kier alpha value is -2.77. The molecule has 0 heterocycles. The van der Waals surface area contributed by atoms with Crippen molar-refractivity contribution in [2.24, 2.45) is 0 Å². The van der Waals surface area contributed by atoms with Crippen molar-refractivity contribution in [3.63, 3.8) is 0 Å². The molecule has 1 amide bonds. The van der Waals surface area contributed by atoms with E-state index in [0.29, 0.717) is 26.2 Å². The number of ether oxygens (including phenoxy) is 1. The van der Waals surface area contributed by atoms with Crippen LogP contribution in [0.3, 0.4) is 0 Å². The lowest BCUT2D eigenvalue weighted by Gasteiger charge is -2.19. The predicted octanol–water partition coefficient (Wildman–Crippen LogP) is 2.63. The lowest BCUT2D eigenvalue weighted by atomic mass is 10.1. The summed E-state index contributed by atoms with van der Waals surface area (Å²) in [6, 6.07) is 17.8. The van der Waals surface area contributed by atoms with Crippen LogP contribution in [0.1, 0.15) is 11.1 Å². The topological polar surface area (TPSA) is 41.6 Å². The van der Waals surface area contributed by atoms with E-state index in [2.05, 4.69) is 35.5 Å². The summed E-state index contributed by atoms with van der Waals surface area (Å²) in [6.07, 6.45) is 5.43. The maximum absolute atomic E-state index is 12.1. The molecule has 0 radical (unpaired) electrons. The highest BCUT2D eigenvalue weighted by molar-refractivity contribution is 5.78. The number of carbonyl (C=O) groups excluding carboxylic acids is 1. The van der Waals surface area contributed by atoms with Gasteiger partial charge in [0, 0.05) is 6.54 Å². The second kappa shape index (κ2) is 10.2. The molecule has 2 rings (SSSR count). The molecule has 0 aromatic heterocycles. The van der Waals surface area contributed by atoms with Gasteiger partial charge in [0.2, 0.25) is 5.91 Å². The molecule has 0 unspecified atom stereocenters. The van der Waals surface area contributed by atoms with Gasteiger partial charge in [-0.05, 0) is 24.6 Å². The number of hydrogen-bond acceptors (Lipinski definition) is 3. The monoisotopic (exact) mass is 336 g/mol. The van der Waals surface area contributed by atoms with E-state index < -0.39 is 0 Å². The smallest absolute Gasteiger partial charge is 0.234 e. The summed E-state index contributed by atoms with van der Waals surface area (Å²) in [5.41, 5.74) is 2.35. The van der Waals surface area contributed by atoms with Crippen LogP contribution in [-0.4, -0.2) is 37.0 Å². The molecule has 4 heteroatoms. The zero-order chi connectivity index (χ0) is 17.9. The quantitative estimate of drug-likeness (QED) is 0.565. The third kappa shape index (κ3) is 7.11. The fourth-order valence-electron chi connectivity index (χ4n) is 2.38. The van der Waals surface area contributed by atoms with E-state index in [1.807, 2.05) is 42.2 Å². The Morgan fingerprint density at radius 3 is 2.56 bits per heavy atom. The van der Waals surface area contributed by atoms with E-state index in [9.17, 15) is 4.79 Å². The Balaban J connectivity index is 1.73. The number of aryl methyl sites for hydroxylation is 1. The first-order valence-corrected chi connectivity index (χ1v) is 8.33. The van der Waals surface area contributed by atoms with Crippen molar-refractivity contribution in [3.8, 4) is 18.1 Å². The normalized spacial score (nSPS) is 10.3. The van der Waals surface area contributed by atoms with E-state index >= 15 is 0 Å². The minimum atomic E-state index is -0.0565.